The highest BCUT2D eigenvalue weighted by atomic mass is 16.7. The Balaban J connectivity index is 1.95. The second kappa shape index (κ2) is 7.51. The molecule has 0 aromatic heterocycles. The van der Waals surface area contributed by atoms with Crippen LogP contribution in [0.15, 0.2) is 0 Å². The van der Waals surface area contributed by atoms with Crippen molar-refractivity contribution in [1.82, 2.24) is 5.32 Å². The van der Waals surface area contributed by atoms with E-state index in [1.54, 1.807) is 0 Å². The molecule has 1 aliphatic heterocycles. The van der Waals surface area contributed by atoms with Gasteiger partial charge in [0.1, 0.15) is 6.10 Å². The van der Waals surface area contributed by atoms with Crippen LogP contribution < -0.4 is 5.32 Å². The number of ether oxygens (including phenoxy) is 1. The normalized spacial score (nSPS) is 33.0. The van der Waals surface area contributed by atoms with Crippen LogP contribution in [0.4, 0.5) is 0 Å². The fraction of sp³-hybridized carbons (Fsp3) is 0.895. The van der Waals surface area contributed by atoms with Crippen molar-refractivity contribution in [1.29, 1.82) is 0 Å². The highest BCUT2D eigenvalue weighted by Crippen LogP contribution is 2.41. The van der Waals surface area contributed by atoms with E-state index in [1.807, 2.05) is 6.92 Å². The molecule has 0 spiro atoms. The number of hydrogen-bond donors (Lipinski definition) is 1. The van der Waals surface area contributed by atoms with E-state index in [-0.39, 0.29) is 36.3 Å². The van der Waals surface area contributed by atoms with Gasteiger partial charge in [0.05, 0.1) is 16.7 Å². The van der Waals surface area contributed by atoms with Gasteiger partial charge >= 0.3 is 13.1 Å². The molecule has 1 heterocycles. The summed E-state index contributed by atoms with van der Waals surface area (Å²) in [5.41, 5.74) is -1.15. The second-order valence-electron chi connectivity index (χ2n) is 9.11. The van der Waals surface area contributed by atoms with Gasteiger partial charge in [-0.3, -0.25) is 9.59 Å². The number of carbonyl (C=O) groups is 2. The lowest BCUT2D eigenvalue weighted by Gasteiger charge is -2.44. The zero-order valence-electron chi connectivity index (χ0n) is 17.3. The van der Waals surface area contributed by atoms with Crippen LogP contribution >= 0.6 is 0 Å². The van der Waals surface area contributed by atoms with Crippen LogP contribution in [0.2, 0.25) is 6.32 Å². The molecule has 0 bridgehead atoms. The molecule has 148 valence electrons. The van der Waals surface area contributed by atoms with Crippen molar-refractivity contribution < 1.29 is 23.6 Å². The van der Waals surface area contributed by atoms with Crippen LogP contribution in [0.1, 0.15) is 74.1 Å². The highest BCUT2D eigenvalue weighted by molar-refractivity contribution is 6.45. The highest BCUT2D eigenvalue weighted by Gasteiger charge is 2.51. The Bertz CT molecular complexity index is 534. The van der Waals surface area contributed by atoms with Gasteiger partial charge in [0.25, 0.3) is 0 Å². The van der Waals surface area contributed by atoms with Crippen LogP contribution in [0.3, 0.4) is 0 Å². The van der Waals surface area contributed by atoms with Crippen LogP contribution in [0, 0.1) is 5.92 Å². The summed E-state index contributed by atoms with van der Waals surface area (Å²) in [4.78, 5) is 23.1. The first-order valence-corrected chi connectivity index (χ1v) is 9.66. The summed E-state index contributed by atoms with van der Waals surface area (Å²) < 4.78 is 17.7. The molecule has 2 rings (SSSR count). The standard InChI is InChI=1S/C19H34BNO5/c1-13(22)21-19(7)12-15(8-9-16(19)24-14(2)23)10-11-20-25-17(3,4)18(5,6)26-20/h15-16H,8-12H2,1-7H3,(H,21,22)/t15-,16-,19?/m0/s1. The third-order valence-corrected chi connectivity index (χ3v) is 6.14. The maximum atomic E-state index is 11.7. The SMILES string of the molecule is CC(=O)NC1(C)C[C@H](CCB2OC(C)(C)C(C)(C)O2)CC[C@@H]1OC(C)=O. The lowest BCUT2D eigenvalue weighted by Crippen LogP contribution is -2.58. The molecule has 2 aliphatic rings. The molecule has 26 heavy (non-hydrogen) atoms. The molecule has 0 aromatic rings. The molecular formula is C19H34BNO5. The van der Waals surface area contributed by atoms with Gasteiger partial charge in [-0.25, -0.2) is 0 Å². The number of hydrogen-bond acceptors (Lipinski definition) is 5. The lowest BCUT2D eigenvalue weighted by molar-refractivity contribution is -0.155. The third-order valence-electron chi connectivity index (χ3n) is 6.14. The van der Waals surface area contributed by atoms with Crippen molar-refractivity contribution in [3.8, 4) is 0 Å². The maximum absolute atomic E-state index is 11.7. The largest absolute Gasteiger partial charge is 0.460 e. The summed E-state index contributed by atoms with van der Waals surface area (Å²) >= 11 is 0. The van der Waals surface area contributed by atoms with Gasteiger partial charge < -0.3 is 19.4 Å². The molecule has 1 aliphatic carbocycles. The number of amides is 1. The van der Waals surface area contributed by atoms with Crippen LogP contribution in [0.5, 0.6) is 0 Å². The van der Waals surface area contributed by atoms with E-state index in [4.69, 9.17) is 14.0 Å². The molecule has 1 unspecified atom stereocenters. The number of esters is 1. The van der Waals surface area contributed by atoms with Crippen molar-refractivity contribution >= 4 is 19.0 Å². The zero-order chi connectivity index (χ0) is 19.8. The van der Waals surface area contributed by atoms with E-state index in [2.05, 4.69) is 33.0 Å². The predicted molar refractivity (Wildman–Crippen MR) is 101 cm³/mol. The summed E-state index contributed by atoms with van der Waals surface area (Å²) in [6.07, 6.45) is 4.00. The van der Waals surface area contributed by atoms with E-state index < -0.39 is 5.54 Å². The minimum Gasteiger partial charge on any atom is -0.460 e. The van der Waals surface area contributed by atoms with E-state index in [9.17, 15) is 9.59 Å². The summed E-state index contributed by atoms with van der Waals surface area (Å²) in [6, 6.07) is 0. The quantitative estimate of drug-likeness (QED) is 0.597. The van der Waals surface area contributed by atoms with Gasteiger partial charge in [-0.05, 0) is 66.1 Å². The first kappa shape index (κ1) is 21.2. The second-order valence-corrected chi connectivity index (χ2v) is 9.11. The number of carbonyl (C=O) groups excluding carboxylic acids is 2. The topological polar surface area (TPSA) is 73.9 Å². The van der Waals surface area contributed by atoms with Gasteiger partial charge in [-0.1, -0.05) is 6.42 Å². The molecule has 1 amide bonds. The Morgan fingerprint density at radius 3 is 2.15 bits per heavy atom. The van der Waals surface area contributed by atoms with Gasteiger partial charge in [0.2, 0.25) is 5.91 Å². The van der Waals surface area contributed by atoms with E-state index in [1.165, 1.54) is 13.8 Å². The maximum Gasteiger partial charge on any atom is 0.457 e. The molecule has 3 atom stereocenters. The average molecular weight is 367 g/mol. The molecular weight excluding hydrogens is 333 g/mol. The molecule has 1 saturated carbocycles. The van der Waals surface area contributed by atoms with E-state index >= 15 is 0 Å². The predicted octanol–water partition coefficient (Wildman–Crippen LogP) is 3.10. The van der Waals surface area contributed by atoms with Gasteiger partial charge in [-0.15, -0.1) is 0 Å². The Kier molecular flexibility index (Phi) is 6.13. The van der Waals surface area contributed by atoms with Crippen LogP contribution in [-0.4, -0.2) is 41.8 Å². The Morgan fingerprint density at radius 1 is 1.08 bits per heavy atom. The molecule has 6 nitrogen and oxygen atoms in total. The van der Waals surface area contributed by atoms with Gasteiger partial charge in [0, 0.05) is 13.8 Å². The minimum absolute atomic E-state index is 0.101. The van der Waals surface area contributed by atoms with Gasteiger partial charge in [0.15, 0.2) is 0 Å². The fourth-order valence-electron chi connectivity index (χ4n) is 4.16. The molecule has 0 radical (unpaired) electrons. The molecule has 1 saturated heterocycles. The van der Waals surface area contributed by atoms with Crippen molar-refractivity contribution in [2.75, 3.05) is 0 Å². The number of rotatable bonds is 5. The molecule has 0 aromatic carbocycles. The summed E-state index contributed by atoms with van der Waals surface area (Å²) in [7, 11) is -0.196. The first-order valence-electron chi connectivity index (χ1n) is 9.66. The van der Waals surface area contributed by atoms with Gasteiger partial charge in [-0.2, -0.15) is 0 Å². The average Bonchev–Trinajstić information content (AvgIpc) is 2.66. The summed E-state index contributed by atoms with van der Waals surface area (Å²) in [5, 5.41) is 3.02. The molecule has 1 N–H and O–H groups in total. The van der Waals surface area contributed by atoms with E-state index in [0.717, 1.165) is 32.0 Å². The first-order chi connectivity index (χ1) is 11.8. The van der Waals surface area contributed by atoms with Crippen molar-refractivity contribution in [2.24, 2.45) is 5.92 Å². The van der Waals surface area contributed by atoms with Crippen molar-refractivity contribution in [2.45, 2.75) is 103 Å². The Hall–Kier alpha value is -1.08. The summed E-state index contributed by atoms with van der Waals surface area (Å²) in [6.45, 7) is 13.1. The zero-order valence-corrected chi connectivity index (χ0v) is 17.3. The molecule has 2 fully saturated rings. The summed E-state index contributed by atoms with van der Waals surface area (Å²) in [5.74, 6) is 0.0242. The molecule has 7 heteroatoms. The lowest BCUT2D eigenvalue weighted by atomic mass is 9.70. The smallest absolute Gasteiger partial charge is 0.457 e. The van der Waals surface area contributed by atoms with Crippen molar-refractivity contribution in [3.63, 3.8) is 0 Å². The Morgan fingerprint density at radius 2 is 1.65 bits per heavy atom. The monoisotopic (exact) mass is 367 g/mol. The third kappa shape index (κ3) is 4.80. The fourth-order valence-corrected chi connectivity index (χ4v) is 4.16. The minimum atomic E-state index is -0.531. The van der Waals surface area contributed by atoms with Crippen LogP contribution in [-0.2, 0) is 23.6 Å². The van der Waals surface area contributed by atoms with Crippen molar-refractivity contribution in [3.05, 3.63) is 0 Å². The Labute approximate surface area is 157 Å². The van der Waals surface area contributed by atoms with E-state index in [0.29, 0.717) is 5.92 Å². The van der Waals surface area contributed by atoms with Crippen LogP contribution in [0.25, 0.3) is 0 Å². The number of nitrogens with one attached hydrogen (secondary N) is 1.